The number of para-hydroxylation sites is 1. The Morgan fingerprint density at radius 3 is 2.52 bits per heavy atom. The van der Waals surface area contributed by atoms with Gasteiger partial charge in [-0.15, -0.1) is 0 Å². The minimum atomic E-state index is -0.580. The number of carbonyl (C=O) groups is 1. The van der Waals surface area contributed by atoms with E-state index in [4.69, 9.17) is 27.9 Å². The number of hydrogen-bond donors (Lipinski definition) is 0. The SMILES string of the molecule is CCOC(=O)c1nn(-c2ccccc2Cl)c(-c2ccc(Cl)cc2)c1CC#N. The van der Waals surface area contributed by atoms with Gasteiger partial charge in [0.1, 0.15) is 0 Å². The second-order valence-corrected chi connectivity index (χ2v) is 6.44. The van der Waals surface area contributed by atoms with Gasteiger partial charge in [-0.2, -0.15) is 10.4 Å². The number of esters is 1. The number of halogens is 2. The molecule has 0 N–H and O–H groups in total. The predicted octanol–water partition coefficient (Wildman–Crippen LogP) is 5.09. The van der Waals surface area contributed by atoms with Gasteiger partial charge >= 0.3 is 5.97 Å². The Balaban J connectivity index is 2.33. The predicted molar refractivity (Wildman–Crippen MR) is 104 cm³/mol. The first kappa shape index (κ1) is 19.0. The highest BCUT2D eigenvalue weighted by molar-refractivity contribution is 6.32. The van der Waals surface area contributed by atoms with Crippen molar-refractivity contribution in [2.45, 2.75) is 13.3 Å². The maximum absolute atomic E-state index is 12.4. The first-order valence-electron chi connectivity index (χ1n) is 8.23. The van der Waals surface area contributed by atoms with Gasteiger partial charge in [-0.25, -0.2) is 9.48 Å². The van der Waals surface area contributed by atoms with E-state index in [0.29, 0.717) is 27.0 Å². The molecule has 2 aromatic carbocycles. The van der Waals surface area contributed by atoms with Crippen LogP contribution in [-0.2, 0) is 11.2 Å². The molecule has 0 aliphatic carbocycles. The molecular formula is C20H15Cl2N3O2. The van der Waals surface area contributed by atoms with Gasteiger partial charge in [-0.3, -0.25) is 0 Å². The minimum Gasteiger partial charge on any atom is -0.461 e. The number of benzene rings is 2. The van der Waals surface area contributed by atoms with Crippen molar-refractivity contribution >= 4 is 29.2 Å². The van der Waals surface area contributed by atoms with Crippen molar-refractivity contribution in [1.29, 1.82) is 5.26 Å². The fourth-order valence-electron chi connectivity index (χ4n) is 2.76. The largest absolute Gasteiger partial charge is 0.461 e. The summed E-state index contributed by atoms with van der Waals surface area (Å²) in [6.07, 6.45) is -0.00341. The summed E-state index contributed by atoms with van der Waals surface area (Å²) in [6.45, 7) is 1.92. The molecular weight excluding hydrogens is 385 g/mol. The van der Waals surface area contributed by atoms with E-state index < -0.39 is 5.97 Å². The zero-order chi connectivity index (χ0) is 19.4. The molecule has 1 heterocycles. The standard InChI is InChI=1S/C20H15Cl2N3O2/c1-2-27-20(26)18-15(11-12-23)19(13-7-9-14(21)10-8-13)25(24-18)17-6-4-3-5-16(17)22/h3-10H,2,11H2,1H3. The number of nitrogens with zero attached hydrogens (tertiary/aromatic N) is 3. The van der Waals surface area contributed by atoms with E-state index in [1.165, 1.54) is 0 Å². The smallest absolute Gasteiger partial charge is 0.359 e. The molecule has 0 radical (unpaired) electrons. The third-order valence-corrected chi connectivity index (χ3v) is 4.48. The molecule has 1 aromatic heterocycles. The van der Waals surface area contributed by atoms with Gasteiger partial charge in [0.25, 0.3) is 0 Å². The Labute approximate surface area is 166 Å². The lowest BCUT2D eigenvalue weighted by atomic mass is 10.0. The number of rotatable bonds is 5. The van der Waals surface area contributed by atoms with Crippen LogP contribution in [0.3, 0.4) is 0 Å². The van der Waals surface area contributed by atoms with Crippen LogP contribution in [-0.4, -0.2) is 22.4 Å². The molecule has 3 aromatic rings. The fraction of sp³-hybridized carbons (Fsp3) is 0.150. The van der Waals surface area contributed by atoms with E-state index in [2.05, 4.69) is 11.2 Å². The number of aromatic nitrogens is 2. The maximum Gasteiger partial charge on any atom is 0.359 e. The molecule has 0 atom stereocenters. The molecule has 0 amide bonds. The van der Waals surface area contributed by atoms with Crippen molar-refractivity contribution in [3.8, 4) is 23.0 Å². The molecule has 0 saturated carbocycles. The van der Waals surface area contributed by atoms with Crippen LogP contribution in [0.4, 0.5) is 0 Å². The Morgan fingerprint density at radius 1 is 1.19 bits per heavy atom. The summed E-state index contributed by atoms with van der Waals surface area (Å²) in [6, 6.07) is 16.3. The molecule has 0 fully saturated rings. The summed E-state index contributed by atoms with van der Waals surface area (Å²) in [7, 11) is 0. The molecule has 0 aliphatic heterocycles. The van der Waals surface area contributed by atoms with Crippen molar-refractivity contribution in [3.63, 3.8) is 0 Å². The third kappa shape index (κ3) is 3.82. The summed E-state index contributed by atoms with van der Waals surface area (Å²) in [5.41, 5.74) is 2.54. The highest BCUT2D eigenvalue weighted by Crippen LogP contribution is 2.33. The average Bonchev–Trinajstić information content (AvgIpc) is 3.02. The van der Waals surface area contributed by atoms with E-state index in [9.17, 15) is 10.1 Å². The second kappa shape index (κ2) is 8.26. The summed E-state index contributed by atoms with van der Waals surface area (Å²) >= 11 is 12.4. The minimum absolute atomic E-state index is 0.00341. The van der Waals surface area contributed by atoms with Crippen molar-refractivity contribution in [2.75, 3.05) is 6.61 Å². The number of hydrogen-bond acceptors (Lipinski definition) is 4. The van der Waals surface area contributed by atoms with Crippen molar-refractivity contribution in [1.82, 2.24) is 9.78 Å². The van der Waals surface area contributed by atoms with Crippen LogP contribution >= 0.6 is 23.2 Å². The van der Waals surface area contributed by atoms with E-state index in [1.54, 1.807) is 41.9 Å². The summed E-state index contributed by atoms with van der Waals surface area (Å²) < 4.78 is 6.70. The van der Waals surface area contributed by atoms with Crippen LogP contribution < -0.4 is 0 Å². The molecule has 0 unspecified atom stereocenters. The molecule has 27 heavy (non-hydrogen) atoms. The van der Waals surface area contributed by atoms with Crippen LogP contribution in [0, 0.1) is 11.3 Å². The Kier molecular flexibility index (Phi) is 5.80. The van der Waals surface area contributed by atoms with Gasteiger partial charge in [0.15, 0.2) is 5.69 Å². The average molecular weight is 400 g/mol. The van der Waals surface area contributed by atoms with Crippen molar-refractivity contribution in [3.05, 3.63) is 69.8 Å². The van der Waals surface area contributed by atoms with E-state index in [1.807, 2.05) is 18.2 Å². The van der Waals surface area contributed by atoms with Crippen LogP contribution in [0.5, 0.6) is 0 Å². The van der Waals surface area contributed by atoms with Crippen molar-refractivity contribution < 1.29 is 9.53 Å². The Morgan fingerprint density at radius 2 is 1.89 bits per heavy atom. The maximum atomic E-state index is 12.4. The van der Waals surface area contributed by atoms with Gasteiger partial charge in [0, 0.05) is 16.1 Å². The summed E-state index contributed by atoms with van der Waals surface area (Å²) in [5, 5.41) is 14.8. The van der Waals surface area contributed by atoms with Gasteiger partial charge < -0.3 is 4.74 Å². The van der Waals surface area contributed by atoms with Crippen LogP contribution in [0.2, 0.25) is 10.0 Å². The van der Waals surface area contributed by atoms with Gasteiger partial charge in [-0.05, 0) is 31.2 Å². The topological polar surface area (TPSA) is 67.9 Å². The lowest BCUT2D eigenvalue weighted by molar-refractivity contribution is 0.0518. The fourth-order valence-corrected chi connectivity index (χ4v) is 3.10. The van der Waals surface area contributed by atoms with E-state index >= 15 is 0 Å². The first-order valence-corrected chi connectivity index (χ1v) is 8.99. The first-order chi connectivity index (χ1) is 13.1. The summed E-state index contributed by atoms with van der Waals surface area (Å²) in [4.78, 5) is 12.4. The molecule has 0 bridgehead atoms. The van der Waals surface area contributed by atoms with Gasteiger partial charge in [-0.1, -0.05) is 47.5 Å². The molecule has 7 heteroatoms. The van der Waals surface area contributed by atoms with Gasteiger partial charge in [0.05, 0.1) is 35.5 Å². The zero-order valence-electron chi connectivity index (χ0n) is 14.4. The molecule has 0 aliphatic rings. The number of carbonyl (C=O) groups excluding carboxylic acids is 1. The van der Waals surface area contributed by atoms with E-state index in [-0.39, 0.29) is 18.7 Å². The lowest BCUT2D eigenvalue weighted by Gasteiger charge is -2.10. The van der Waals surface area contributed by atoms with Crippen LogP contribution in [0.25, 0.3) is 16.9 Å². The van der Waals surface area contributed by atoms with Crippen LogP contribution in [0.15, 0.2) is 48.5 Å². The molecule has 3 rings (SSSR count). The van der Waals surface area contributed by atoms with Gasteiger partial charge in [0.2, 0.25) is 0 Å². The molecule has 0 spiro atoms. The number of nitriles is 1. The lowest BCUT2D eigenvalue weighted by Crippen LogP contribution is -2.08. The Hall–Kier alpha value is -2.81. The van der Waals surface area contributed by atoms with Crippen molar-refractivity contribution in [2.24, 2.45) is 0 Å². The zero-order valence-corrected chi connectivity index (χ0v) is 16.0. The second-order valence-electron chi connectivity index (χ2n) is 5.60. The molecule has 136 valence electrons. The monoisotopic (exact) mass is 399 g/mol. The molecule has 0 saturated heterocycles. The highest BCUT2D eigenvalue weighted by atomic mass is 35.5. The van der Waals surface area contributed by atoms with E-state index in [0.717, 1.165) is 5.56 Å². The summed E-state index contributed by atoms with van der Waals surface area (Å²) in [5.74, 6) is -0.580. The quantitative estimate of drug-likeness (QED) is 0.560. The third-order valence-electron chi connectivity index (χ3n) is 3.91. The number of ether oxygens (including phenoxy) is 1. The normalized spacial score (nSPS) is 10.4. The molecule has 5 nitrogen and oxygen atoms in total. The Bertz CT molecular complexity index is 1020. The highest BCUT2D eigenvalue weighted by Gasteiger charge is 2.26. The van der Waals surface area contributed by atoms with Crippen LogP contribution in [0.1, 0.15) is 23.0 Å².